The van der Waals surface area contributed by atoms with E-state index in [2.05, 4.69) is 25.2 Å². The van der Waals surface area contributed by atoms with E-state index in [0.29, 0.717) is 31.1 Å². The Morgan fingerprint density at radius 3 is 2.62 bits per heavy atom. The lowest BCUT2D eigenvalue weighted by Crippen LogP contribution is -2.31. The highest BCUT2D eigenvalue weighted by Gasteiger charge is 2.17. The van der Waals surface area contributed by atoms with Gasteiger partial charge in [-0.1, -0.05) is 0 Å². The second-order valence-corrected chi connectivity index (χ2v) is 5.13. The first-order valence-corrected chi connectivity index (χ1v) is 7.66. The molecule has 21 heavy (non-hydrogen) atoms. The molecule has 0 spiro atoms. The summed E-state index contributed by atoms with van der Waals surface area (Å²) < 4.78 is 11.1. The van der Waals surface area contributed by atoms with Crippen molar-refractivity contribution in [3.63, 3.8) is 0 Å². The maximum Gasteiger partial charge on any atom is 0.323 e. The van der Waals surface area contributed by atoms with E-state index >= 15 is 0 Å². The van der Waals surface area contributed by atoms with Crippen molar-refractivity contribution in [1.29, 1.82) is 0 Å². The minimum atomic E-state index is -0.0914. The lowest BCUT2D eigenvalue weighted by molar-refractivity contribution is 0.0607. The first-order chi connectivity index (χ1) is 10.2. The molecule has 7 heteroatoms. The van der Waals surface area contributed by atoms with E-state index < -0.39 is 0 Å². The smallest absolute Gasteiger partial charge is 0.323 e. The highest BCUT2D eigenvalue weighted by molar-refractivity contribution is 5.38. The van der Waals surface area contributed by atoms with Crippen LogP contribution in [-0.2, 0) is 4.74 Å². The molecule has 0 radical (unpaired) electrons. The first kappa shape index (κ1) is 15.8. The molecule has 1 aliphatic heterocycles. The quantitative estimate of drug-likeness (QED) is 0.821. The SMILES string of the molecule is CCOCC(C)Oc1nc(NC)nc(N2CCCCC2)n1. The molecule has 0 aliphatic carbocycles. The van der Waals surface area contributed by atoms with Crippen molar-refractivity contribution in [3.8, 4) is 6.01 Å². The summed E-state index contributed by atoms with van der Waals surface area (Å²) in [5.74, 6) is 1.22. The van der Waals surface area contributed by atoms with Crippen LogP contribution >= 0.6 is 0 Å². The predicted octanol–water partition coefficient (Wildman–Crippen LogP) is 1.71. The van der Waals surface area contributed by atoms with Gasteiger partial charge in [-0.15, -0.1) is 0 Å². The number of anilines is 2. The summed E-state index contributed by atoms with van der Waals surface area (Å²) >= 11 is 0. The van der Waals surface area contributed by atoms with E-state index in [9.17, 15) is 0 Å². The van der Waals surface area contributed by atoms with E-state index in [4.69, 9.17) is 9.47 Å². The van der Waals surface area contributed by atoms with Crippen molar-refractivity contribution in [3.05, 3.63) is 0 Å². The molecular weight excluding hydrogens is 270 g/mol. The zero-order valence-electron chi connectivity index (χ0n) is 13.1. The zero-order chi connectivity index (χ0) is 15.1. The third kappa shape index (κ3) is 4.70. The van der Waals surface area contributed by atoms with Crippen molar-refractivity contribution in [2.75, 3.05) is 43.6 Å². The molecule has 0 amide bonds. The van der Waals surface area contributed by atoms with E-state index in [1.165, 1.54) is 19.3 Å². The van der Waals surface area contributed by atoms with Gasteiger partial charge in [-0.25, -0.2) is 0 Å². The molecule has 1 aromatic rings. The summed E-state index contributed by atoms with van der Waals surface area (Å²) in [4.78, 5) is 15.3. The van der Waals surface area contributed by atoms with Crippen LogP contribution in [0.3, 0.4) is 0 Å². The van der Waals surface area contributed by atoms with Crippen LogP contribution in [0.4, 0.5) is 11.9 Å². The van der Waals surface area contributed by atoms with Crippen molar-refractivity contribution in [2.24, 2.45) is 0 Å². The largest absolute Gasteiger partial charge is 0.458 e. The lowest BCUT2D eigenvalue weighted by Gasteiger charge is -2.27. The van der Waals surface area contributed by atoms with Gasteiger partial charge in [0.1, 0.15) is 6.10 Å². The molecule has 2 heterocycles. The maximum absolute atomic E-state index is 5.74. The number of piperidine rings is 1. The zero-order valence-corrected chi connectivity index (χ0v) is 13.1. The Balaban J connectivity index is 2.09. The minimum Gasteiger partial charge on any atom is -0.458 e. The average molecular weight is 295 g/mol. The summed E-state index contributed by atoms with van der Waals surface area (Å²) in [6, 6.07) is 0.349. The molecule has 0 saturated carbocycles. The summed E-state index contributed by atoms with van der Waals surface area (Å²) in [6.45, 7) is 7.08. The highest BCUT2D eigenvalue weighted by atomic mass is 16.5. The molecule has 1 N–H and O–H groups in total. The molecule has 1 aromatic heterocycles. The van der Waals surface area contributed by atoms with Crippen molar-refractivity contribution < 1.29 is 9.47 Å². The number of rotatable bonds is 7. The van der Waals surface area contributed by atoms with Crippen LogP contribution < -0.4 is 15.0 Å². The number of aromatic nitrogens is 3. The van der Waals surface area contributed by atoms with Gasteiger partial charge >= 0.3 is 6.01 Å². The first-order valence-electron chi connectivity index (χ1n) is 7.66. The average Bonchev–Trinajstić information content (AvgIpc) is 2.53. The number of hydrogen-bond acceptors (Lipinski definition) is 7. The molecular formula is C14H25N5O2. The van der Waals surface area contributed by atoms with E-state index in [1.54, 1.807) is 7.05 Å². The molecule has 1 saturated heterocycles. The normalized spacial score (nSPS) is 16.6. The maximum atomic E-state index is 5.74. The standard InChI is InChI=1S/C14H25N5O2/c1-4-20-10-11(2)21-14-17-12(15-3)16-13(18-14)19-8-6-5-7-9-19/h11H,4-10H2,1-3H3,(H,15,16,17,18). The van der Waals surface area contributed by atoms with Gasteiger partial charge in [0.05, 0.1) is 6.61 Å². The number of nitrogens with one attached hydrogen (secondary N) is 1. The molecule has 7 nitrogen and oxygen atoms in total. The fourth-order valence-corrected chi connectivity index (χ4v) is 2.24. The number of ether oxygens (including phenoxy) is 2. The molecule has 2 rings (SSSR count). The second kappa shape index (κ2) is 7.97. The molecule has 1 aliphatic rings. The van der Waals surface area contributed by atoms with E-state index in [0.717, 1.165) is 13.1 Å². The fourth-order valence-electron chi connectivity index (χ4n) is 2.24. The summed E-state index contributed by atoms with van der Waals surface area (Å²) in [6.07, 6.45) is 3.54. The molecule has 1 atom stereocenters. The lowest BCUT2D eigenvalue weighted by atomic mass is 10.1. The predicted molar refractivity (Wildman–Crippen MR) is 82.0 cm³/mol. The molecule has 118 valence electrons. The van der Waals surface area contributed by atoms with Gasteiger partial charge in [0.25, 0.3) is 0 Å². The Kier molecular flexibility index (Phi) is 5.98. The van der Waals surface area contributed by atoms with Gasteiger partial charge in [0.2, 0.25) is 11.9 Å². The van der Waals surface area contributed by atoms with Crippen LogP contribution in [0.1, 0.15) is 33.1 Å². The Bertz CT molecular complexity index is 437. The fraction of sp³-hybridized carbons (Fsp3) is 0.786. The number of nitrogens with zero attached hydrogens (tertiary/aromatic N) is 4. The topological polar surface area (TPSA) is 72.4 Å². The summed E-state index contributed by atoms with van der Waals surface area (Å²) in [5, 5.41) is 2.96. The van der Waals surface area contributed by atoms with Crippen LogP contribution in [0.5, 0.6) is 6.01 Å². The van der Waals surface area contributed by atoms with Crippen molar-refractivity contribution in [2.45, 2.75) is 39.2 Å². The molecule has 0 aromatic carbocycles. The minimum absolute atomic E-state index is 0.0914. The van der Waals surface area contributed by atoms with Crippen LogP contribution in [-0.4, -0.2) is 54.4 Å². The van der Waals surface area contributed by atoms with Crippen LogP contribution in [0.2, 0.25) is 0 Å². The Morgan fingerprint density at radius 1 is 1.19 bits per heavy atom. The molecule has 1 fully saturated rings. The van der Waals surface area contributed by atoms with Gasteiger partial charge in [-0.05, 0) is 33.1 Å². The Labute approximate surface area is 126 Å². The van der Waals surface area contributed by atoms with E-state index in [-0.39, 0.29) is 6.10 Å². The Hall–Kier alpha value is -1.63. The second-order valence-electron chi connectivity index (χ2n) is 5.13. The molecule has 1 unspecified atom stereocenters. The van der Waals surface area contributed by atoms with E-state index in [1.807, 2.05) is 13.8 Å². The van der Waals surface area contributed by atoms with Crippen LogP contribution in [0, 0.1) is 0 Å². The summed E-state index contributed by atoms with van der Waals surface area (Å²) in [5.41, 5.74) is 0. The third-order valence-electron chi connectivity index (χ3n) is 3.33. The van der Waals surface area contributed by atoms with Crippen molar-refractivity contribution >= 4 is 11.9 Å². The van der Waals surface area contributed by atoms with Crippen LogP contribution in [0.15, 0.2) is 0 Å². The van der Waals surface area contributed by atoms with Gasteiger partial charge in [0.15, 0.2) is 0 Å². The van der Waals surface area contributed by atoms with Gasteiger partial charge < -0.3 is 19.7 Å². The molecule has 0 bridgehead atoms. The third-order valence-corrected chi connectivity index (χ3v) is 3.33. The monoisotopic (exact) mass is 295 g/mol. The Morgan fingerprint density at radius 2 is 1.95 bits per heavy atom. The summed E-state index contributed by atoms with van der Waals surface area (Å²) in [7, 11) is 1.79. The number of hydrogen-bond donors (Lipinski definition) is 1. The highest BCUT2D eigenvalue weighted by Crippen LogP contribution is 2.19. The van der Waals surface area contributed by atoms with Gasteiger partial charge in [-0.3, -0.25) is 0 Å². The van der Waals surface area contributed by atoms with Crippen LogP contribution in [0.25, 0.3) is 0 Å². The van der Waals surface area contributed by atoms with Crippen molar-refractivity contribution in [1.82, 2.24) is 15.0 Å². The van der Waals surface area contributed by atoms with Gasteiger partial charge in [0, 0.05) is 26.7 Å². The van der Waals surface area contributed by atoms with Gasteiger partial charge in [-0.2, -0.15) is 15.0 Å².